The van der Waals surface area contributed by atoms with Gasteiger partial charge in [-0.1, -0.05) is 30.3 Å². The summed E-state index contributed by atoms with van der Waals surface area (Å²) in [7, 11) is 0. The summed E-state index contributed by atoms with van der Waals surface area (Å²) in [6, 6.07) is 13.2. The number of thiophene rings is 1. The maximum Gasteiger partial charge on any atom is 0.0590 e. The van der Waals surface area contributed by atoms with Crippen molar-refractivity contribution in [3.63, 3.8) is 0 Å². The Kier molecular flexibility index (Phi) is 3.20. The van der Waals surface area contributed by atoms with Gasteiger partial charge in [0.2, 0.25) is 0 Å². The minimum absolute atomic E-state index is 0.301. The fraction of sp³-hybridized carbons (Fsp3) is 0.333. The Morgan fingerprint density at radius 2 is 2.06 bits per heavy atom. The zero-order valence-electron chi connectivity index (χ0n) is 10.5. The summed E-state index contributed by atoms with van der Waals surface area (Å²) in [5, 5.41) is 2.15. The van der Waals surface area contributed by atoms with Gasteiger partial charge in [-0.15, -0.1) is 11.3 Å². The van der Waals surface area contributed by atoms with E-state index in [1.807, 2.05) is 0 Å². The quantitative estimate of drug-likeness (QED) is 0.652. The number of nitrogens with one attached hydrogen (secondary N) is 1. The summed E-state index contributed by atoms with van der Waals surface area (Å²) in [6.45, 7) is 2.16. The van der Waals surface area contributed by atoms with Crippen molar-refractivity contribution >= 4 is 11.3 Å². The molecule has 3 unspecified atom stereocenters. The van der Waals surface area contributed by atoms with Gasteiger partial charge in [0.15, 0.2) is 0 Å². The zero-order chi connectivity index (χ0) is 12.5. The summed E-state index contributed by atoms with van der Waals surface area (Å²) >= 11 is 1.81. The number of rotatable bonds is 4. The van der Waals surface area contributed by atoms with Crippen molar-refractivity contribution in [1.82, 2.24) is 5.43 Å². The van der Waals surface area contributed by atoms with Crippen LogP contribution in [0.15, 0.2) is 41.8 Å². The Labute approximate surface area is 112 Å². The molecule has 3 rings (SSSR count). The average molecular weight is 258 g/mol. The molecule has 94 valence electrons. The lowest BCUT2D eigenvalue weighted by molar-refractivity contribution is 0.493. The van der Waals surface area contributed by atoms with Gasteiger partial charge in [0, 0.05) is 4.88 Å². The van der Waals surface area contributed by atoms with E-state index >= 15 is 0 Å². The summed E-state index contributed by atoms with van der Waals surface area (Å²) in [6.07, 6.45) is 1.23. The van der Waals surface area contributed by atoms with E-state index in [1.165, 1.54) is 22.4 Å². The molecule has 3 heteroatoms. The van der Waals surface area contributed by atoms with Crippen LogP contribution < -0.4 is 11.3 Å². The molecule has 18 heavy (non-hydrogen) atoms. The molecule has 0 spiro atoms. The molecule has 1 aromatic heterocycles. The minimum Gasteiger partial charge on any atom is -0.271 e. The maximum absolute atomic E-state index is 5.77. The molecule has 0 saturated heterocycles. The zero-order valence-corrected chi connectivity index (χ0v) is 11.3. The van der Waals surface area contributed by atoms with Gasteiger partial charge in [0.1, 0.15) is 0 Å². The topological polar surface area (TPSA) is 38.0 Å². The molecule has 1 saturated carbocycles. The Bertz CT molecular complexity index is 520. The van der Waals surface area contributed by atoms with E-state index in [4.69, 9.17) is 5.84 Å². The summed E-state index contributed by atoms with van der Waals surface area (Å²) in [4.78, 5) is 1.39. The Morgan fingerprint density at radius 1 is 1.28 bits per heavy atom. The van der Waals surface area contributed by atoms with Crippen LogP contribution >= 0.6 is 11.3 Å². The number of aryl methyl sites for hydroxylation is 1. The van der Waals surface area contributed by atoms with Crippen LogP contribution in [0.5, 0.6) is 0 Å². The first-order valence-electron chi connectivity index (χ1n) is 6.36. The molecule has 0 bridgehead atoms. The predicted octanol–water partition coefficient (Wildman–Crippen LogP) is 3.36. The fourth-order valence-electron chi connectivity index (χ4n) is 2.76. The Morgan fingerprint density at radius 3 is 2.67 bits per heavy atom. The van der Waals surface area contributed by atoms with Crippen molar-refractivity contribution in [2.24, 2.45) is 11.8 Å². The van der Waals surface area contributed by atoms with Crippen molar-refractivity contribution in [3.8, 4) is 0 Å². The lowest BCUT2D eigenvalue weighted by atomic mass is 10.0. The Hall–Kier alpha value is -1.16. The highest BCUT2D eigenvalue weighted by Crippen LogP contribution is 2.54. The number of hydrogen-bond donors (Lipinski definition) is 2. The van der Waals surface area contributed by atoms with Gasteiger partial charge in [-0.25, -0.2) is 0 Å². The van der Waals surface area contributed by atoms with Gasteiger partial charge < -0.3 is 0 Å². The van der Waals surface area contributed by atoms with Crippen molar-refractivity contribution in [3.05, 3.63) is 57.8 Å². The van der Waals surface area contributed by atoms with E-state index in [2.05, 4.69) is 54.1 Å². The van der Waals surface area contributed by atoms with Crippen LogP contribution in [0.25, 0.3) is 0 Å². The van der Waals surface area contributed by atoms with E-state index in [-0.39, 0.29) is 0 Å². The van der Waals surface area contributed by atoms with Gasteiger partial charge in [-0.3, -0.25) is 11.3 Å². The van der Waals surface area contributed by atoms with Crippen LogP contribution in [-0.2, 0) is 0 Å². The average Bonchev–Trinajstić information content (AvgIpc) is 3.08. The van der Waals surface area contributed by atoms with E-state index in [1.54, 1.807) is 11.3 Å². The molecule has 2 nitrogen and oxygen atoms in total. The first-order valence-corrected chi connectivity index (χ1v) is 7.24. The first kappa shape index (κ1) is 11.9. The summed E-state index contributed by atoms with van der Waals surface area (Å²) < 4.78 is 0. The van der Waals surface area contributed by atoms with Crippen molar-refractivity contribution < 1.29 is 0 Å². The van der Waals surface area contributed by atoms with Crippen molar-refractivity contribution in [1.29, 1.82) is 0 Å². The van der Waals surface area contributed by atoms with Gasteiger partial charge in [0.25, 0.3) is 0 Å². The van der Waals surface area contributed by atoms with Crippen molar-refractivity contribution in [2.45, 2.75) is 25.3 Å². The molecule has 1 aromatic carbocycles. The van der Waals surface area contributed by atoms with Crippen LogP contribution in [0.3, 0.4) is 0 Å². The fourth-order valence-corrected chi connectivity index (χ4v) is 3.83. The van der Waals surface area contributed by atoms with Crippen LogP contribution in [0.4, 0.5) is 0 Å². The third kappa shape index (κ3) is 2.09. The highest BCUT2D eigenvalue weighted by Gasteiger charge is 2.44. The van der Waals surface area contributed by atoms with Gasteiger partial charge in [0.05, 0.1) is 6.04 Å². The number of nitrogens with two attached hydrogens (primary N) is 1. The van der Waals surface area contributed by atoms with Gasteiger partial charge >= 0.3 is 0 Å². The molecule has 1 aliphatic rings. The number of hydrazine groups is 1. The van der Waals surface area contributed by atoms with Crippen LogP contribution in [-0.4, -0.2) is 0 Å². The monoisotopic (exact) mass is 258 g/mol. The van der Waals surface area contributed by atoms with E-state index in [0.717, 1.165) is 0 Å². The maximum atomic E-state index is 5.77. The first-order chi connectivity index (χ1) is 8.81. The summed E-state index contributed by atoms with van der Waals surface area (Å²) in [5.74, 6) is 7.07. The SMILES string of the molecule is Cc1ccsc1C(NN)C1CC1c1ccccc1. The smallest absolute Gasteiger partial charge is 0.0590 e. The van der Waals surface area contributed by atoms with Crippen LogP contribution in [0.1, 0.15) is 34.4 Å². The molecular formula is C15H18N2S. The summed E-state index contributed by atoms with van der Waals surface area (Å²) in [5.41, 5.74) is 5.81. The second-order valence-corrected chi connectivity index (χ2v) is 5.98. The predicted molar refractivity (Wildman–Crippen MR) is 76.4 cm³/mol. The number of benzene rings is 1. The van der Waals surface area contributed by atoms with Gasteiger partial charge in [-0.2, -0.15) is 0 Å². The van der Waals surface area contributed by atoms with E-state index in [0.29, 0.717) is 17.9 Å². The highest BCUT2D eigenvalue weighted by atomic mass is 32.1. The normalized spacial score (nSPS) is 23.9. The molecule has 1 fully saturated rings. The third-order valence-corrected chi connectivity index (χ3v) is 4.96. The van der Waals surface area contributed by atoms with Crippen molar-refractivity contribution in [2.75, 3.05) is 0 Å². The molecule has 1 heterocycles. The highest BCUT2D eigenvalue weighted by molar-refractivity contribution is 7.10. The third-order valence-electron chi connectivity index (χ3n) is 3.86. The molecular weight excluding hydrogens is 240 g/mol. The van der Waals surface area contributed by atoms with E-state index < -0.39 is 0 Å². The molecule has 1 aliphatic carbocycles. The van der Waals surface area contributed by atoms with Crippen LogP contribution in [0, 0.1) is 12.8 Å². The molecule has 0 radical (unpaired) electrons. The second kappa shape index (κ2) is 4.84. The second-order valence-electron chi connectivity index (χ2n) is 5.03. The largest absolute Gasteiger partial charge is 0.271 e. The molecule has 3 atom stereocenters. The number of hydrogen-bond acceptors (Lipinski definition) is 3. The Balaban J connectivity index is 1.79. The molecule has 2 aromatic rings. The van der Waals surface area contributed by atoms with Crippen LogP contribution in [0.2, 0.25) is 0 Å². The molecule has 0 aliphatic heterocycles. The van der Waals surface area contributed by atoms with E-state index in [9.17, 15) is 0 Å². The minimum atomic E-state index is 0.301. The molecule has 3 N–H and O–H groups in total. The lowest BCUT2D eigenvalue weighted by Gasteiger charge is -2.15. The van der Waals surface area contributed by atoms with Gasteiger partial charge in [-0.05, 0) is 47.8 Å². The standard InChI is InChI=1S/C15H18N2S/c1-10-7-8-18-15(10)14(17-16)13-9-12(13)11-5-3-2-4-6-11/h2-8,12-14,17H,9,16H2,1H3. The molecule has 0 amide bonds. The lowest BCUT2D eigenvalue weighted by Crippen LogP contribution is -2.29.